The molecule has 2 rings (SSSR count). The molecule has 0 aliphatic heterocycles. The van der Waals surface area contributed by atoms with Gasteiger partial charge in [-0.2, -0.15) is 9.40 Å². The van der Waals surface area contributed by atoms with Crippen molar-refractivity contribution in [3.8, 4) is 0 Å². The van der Waals surface area contributed by atoms with Crippen molar-refractivity contribution < 1.29 is 8.42 Å². The number of sulfonamides is 1. The Bertz CT molecular complexity index is 735. The van der Waals surface area contributed by atoms with E-state index in [1.807, 2.05) is 39.1 Å². The molecule has 114 valence electrons. The summed E-state index contributed by atoms with van der Waals surface area (Å²) in [5.41, 5.74) is 2.58. The Labute approximate surface area is 126 Å². The second-order valence-corrected chi connectivity index (χ2v) is 7.25. The largest absolute Gasteiger partial charge is 0.273 e. The van der Waals surface area contributed by atoms with Gasteiger partial charge in [0.2, 0.25) is 10.0 Å². The fraction of sp³-hybridized carbons (Fsp3) is 0.400. The van der Waals surface area contributed by atoms with Gasteiger partial charge in [-0.3, -0.25) is 4.68 Å². The first-order chi connectivity index (χ1) is 9.84. The molecule has 0 radical (unpaired) electrons. The summed E-state index contributed by atoms with van der Waals surface area (Å²) in [6.45, 7) is 6.79. The van der Waals surface area contributed by atoms with Crippen molar-refractivity contribution >= 4 is 10.0 Å². The summed E-state index contributed by atoms with van der Waals surface area (Å²) in [6, 6.07) is 5.47. The summed E-state index contributed by atoms with van der Waals surface area (Å²) in [4.78, 5) is 0.368. The van der Waals surface area contributed by atoms with Crippen molar-refractivity contribution in [1.82, 2.24) is 14.1 Å². The molecule has 0 aliphatic rings. The van der Waals surface area contributed by atoms with Crippen LogP contribution in [0.15, 0.2) is 35.5 Å². The maximum Gasteiger partial charge on any atom is 0.243 e. The summed E-state index contributed by atoms with van der Waals surface area (Å²) in [7, 11) is -1.89. The number of aromatic nitrogens is 2. The van der Waals surface area contributed by atoms with E-state index < -0.39 is 10.0 Å². The summed E-state index contributed by atoms with van der Waals surface area (Å²) in [6.07, 6.45) is 3.58. The number of benzene rings is 1. The van der Waals surface area contributed by atoms with Crippen molar-refractivity contribution in [3.05, 3.63) is 47.3 Å². The van der Waals surface area contributed by atoms with Gasteiger partial charge in [-0.25, -0.2) is 8.42 Å². The topological polar surface area (TPSA) is 55.2 Å². The number of rotatable bonds is 5. The highest BCUT2D eigenvalue weighted by molar-refractivity contribution is 7.89. The van der Waals surface area contributed by atoms with E-state index in [-0.39, 0.29) is 0 Å². The Balaban J connectivity index is 2.28. The Morgan fingerprint density at radius 1 is 1.29 bits per heavy atom. The highest BCUT2D eigenvalue weighted by Crippen LogP contribution is 2.21. The van der Waals surface area contributed by atoms with Crippen LogP contribution in [0.1, 0.15) is 23.6 Å². The van der Waals surface area contributed by atoms with Crippen LogP contribution in [0.3, 0.4) is 0 Å². The standard InChI is InChI=1S/C15H21N3O2S/c1-5-18-11-14(9-16-18)10-17(4)21(19,20)15-8-12(2)6-7-13(15)3/h6-9,11H,5,10H2,1-4H3. The van der Waals surface area contributed by atoms with E-state index >= 15 is 0 Å². The predicted octanol–water partition coefficient (Wildman–Crippen LogP) is 2.34. The monoisotopic (exact) mass is 307 g/mol. The molecule has 0 fully saturated rings. The minimum atomic E-state index is -3.49. The van der Waals surface area contributed by atoms with Crippen LogP contribution in [0, 0.1) is 13.8 Å². The van der Waals surface area contributed by atoms with E-state index in [1.165, 1.54) is 4.31 Å². The van der Waals surface area contributed by atoms with Crippen molar-refractivity contribution in [2.75, 3.05) is 7.05 Å². The summed E-state index contributed by atoms with van der Waals surface area (Å²) in [5.74, 6) is 0. The smallest absolute Gasteiger partial charge is 0.243 e. The zero-order chi connectivity index (χ0) is 15.6. The lowest BCUT2D eigenvalue weighted by atomic mass is 10.2. The molecule has 21 heavy (non-hydrogen) atoms. The van der Waals surface area contributed by atoms with E-state index in [9.17, 15) is 8.42 Å². The molecule has 6 heteroatoms. The molecule has 0 aliphatic carbocycles. The average Bonchev–Trinajstić information content (AvgIpc) is 2.89. The van der Waals surface area contributed by atoms with E-state index in [0.29, 0.717) is 11.4 Å². The lowest BCUT2D eigenvalue weighted by Crippen LogP contribution is -2.27. The molecule has 0 saturated carbocycles. The van der Waals surface area contributed by atoms with Gasteiger partial charge in [0.05, 0.1) is 11.1 Å². The van der Waals surface area contributed by atoms with Crippen LogP contribution < -0.4 is 0 Å². The Kier molecular flexibility index (Phi) is 4.49. The van der Waals surface area contributed by atoms with E-state index in [4.69, 9.17) is 0 Å². The van der Waals surface area contributed by atoms with Gasteiger partial charge in [-0.05, 0) is 38.0 Å². The van der Waals surface area contributed by atoms with Crippen LogP contribution in [0.25, 0.3) is 0 Å². The van der Waals surface area contributed by atoms with Gasteiger partial charge >= 0.3 is 0 Å². The molecule has 0 saturated heterocycles. The Hall–Kier alpha value is -1.66. The summed E-state index contributed by atoms with van der Waals surface area (Å²) >= 11 is 0. The van der Waals surface area contributed by atoms with Crippen molar-refractivity contribution in [2.45, 2.75) is 38.8 Å². The molecule has 0 N–H and O–H groups in total. The molecular weight excluding hydrogens is 286 g/mol. The maximum atomic E-state index is 12.7. The maximum absolute atomic E-state index is 12.7. The molecule has 0 bridgehead atoms. The predicted molar refractivity (Wildman–Crippen MR) is 82.5 cm³/mol. The van der Waals surface area contributed by atoms with E-state index in [1.54, 1.807) is 24.0 Å². The molecule has 0 unspecified atom stereocenters. The highest BCUT2D eigenvalue weighted by Gasteiger charge is 2.23. The minimum absolute atomic E-state index is 0.315. The molecule has 0 amide bonds. The van der Waals surface area contributed by atoms with Gasteiger partial charge in [0.1, 0.15) is 0 Å². The fourth-order valence-electron chi connectivity index (χ4n) is 2.16. The molecule has 5 nitrogen and oxygen atoms in total. The molecule has 1 aromatic heterocycles. The van der Waals surface area contributed by atoms with Gasteiger partial charge < -0.3 is 0 Å². The van der Waals surface area contributed by atoms with Gasteiger partial charge in [0.15, 0.2) is 0 Å². The Morgan fingerprint density at radius 2 is 2.00 bits per heavy atom. The molecular formula is C15H21N3O2S. The van der Waals surface area contributed by atoms with E-state index in [0.717, 1.165) is 23.2 Å². The normalized spacial score (nSPS) is 12.0. The van der Waals surface area contributed by atoms with Crippen LogP contribution in [0.5, 0.6) is 0 Å². The first-order valence-corrected chi connectivity index (χ1v) is 8.33. The molecule has 0 spiro atoms. The van der Waals surface area contributed by atoms with E-state index in [2.05, 4.69) is 5.10 Å². The van der Waals surface area contributed by atoms with Crippen LogP contribution in [0.4, 0.5) is 0 Å². The zero-order valence-electron chi connectivity index (χ0n) is 12.9. The van der Waals surface area contributed by atoms with Crippen LogP contribution in [-0.2, 0) is 23.1 Å². The SMILES string of the molecule is CCn1cc(CN(C)S(=O)(=O)c2cc(C)ccc2C)cn1. The quantitative estimate of drug-likeness (QED) is 0.852. The third kappa shape index (κ3) is 3.33. The molecule has 2 aromatic rings. The van der Waals surface area contributed by atoms with Crippen LogP contribution in [-0.4, -0.2) is 29.6 Å². The number of nitrogens with zero attached hydrogens (tertiary/aromatic N) is 3. The summed E-state index contributed by atoms with van der Waals surface area (Å²) < 4.78 is 28.5. The van der Waals surface area contributed by atoms with Crippen LogP contribution >= 0.6 is 0 Å². The number of hydrogen-bond donors (Lipinski definition) is 0. The number of aryl methyl sites for hydroxylation is 3. The second kappa shape index (κ2) is 5.99. The Morgan fingerprint density at radius 3 is 2.62 bits per heavy atom. The second-order valence-electron chi connectivity index (χ2n) is 5.23. The van der Waals surface area contributed by atoms with Crippen molar-refractivity contribution in [2.24, 2.45) is 0 Å². The van der Waals surface area contributed by atoms with Gasteiger partial charge in [-0.1, -0.05) is 12.1 Å². The zero-order valence-corrected chi connectivity index (χ0v) is 13.7. The molecule has 0 atom stereocenters. The van der Waals surface area contributed by atoms with Crippen LogP contribution in [0.2, 0.25) is 0 Å². The summed E-state index contributed by atoms with van der Waals surface area (Å²) in [5, 5.41) is 4.17. The van der Waals surface area contributed by atoms with Gasteiger partial charge in [-0.15, -0.1) is 0 Å². The number of hydrogen-bond acceptors (Lipinski definition) is 3. The lowest BCUT2D eigenvalue weighted by Gasteiger charge is -2.18. The van der Waals surface area contributed by atoms with Gasteiger partial charge in [0.25, 0.3) is 0 Å². The average molecular weight is 307 g/mol. The van der Waals surface area contributed by atoms with Crippen molar-refractivity contribution in [1.29, 1.82) is 0 Å². The first kappa shape index (κ1) is 15.7. The first-order valence-electron chi connectivity index (χ1n) is 6.89. The highest BCUT2D eigenvalue weighted by atomic mass is 32.2. The third-order valence-electron chi connectivity index (χ3n) is 3.45. The molecule has 1 heterocycles. The van der Waals surface area contributed by atoms with Gasteiger partial charge in [0, 0.05) is 31.9 Å². The third-order valence-corrected chi connectivity index (χ3v) is 5.39. The molecule has 1 aromatic carbocycles. The lowest BCUT2D eigenvalue weighted by molar-refractivity contribution is 0.466. The fourth-order valence-corrected chi connectivity index (χ4v) is 3.62. The van der Waals surface area contributed by atoms with Crippen molar-refractivity contribution in [3.63, 3.8) is 0 Å². The minimum Gasteiger partial charge on any atom is -0.273 e.